The average Bonchev–Trinajstić information content (AvgIpc) is 2.92. The van der Waals surface area contributed by atoms with Gasteiger partial charge in [-0.2, -0.15) is 0 Å². The molecule has 7 heteroatoms. The molecule has 154 valence electrons. The molecule has 0 unspecified atom stereocenters. The maximum atomic E-state index is 13.3. The molecule has 2 aliphatic rings. The maximum absolute atomic E-state index is 13.3. The Morgan fingerprint density at radius 2 is 1.89 bits per heavy atom. The highest BCUT2D eigenvalue weighted by Gasteiger charge is 2.52. The van der Waals surface area contributed by atoms with Gasteiger partial charge in [-0.05, 0) is 57.8 Å². The number of hydrogen-bond acceptors (Lipinski definition) is 5. The molecule has 1 aromatic rings. The Morgan fingerprint density at radius 3 is 2.50 bits per heavy atom. The highest BCUT2D eigenvalue weighted by atomic mass is 16.5. The van der Waals surface area contributed by atoms with Crippen molar-refractivity contribution in [2.24, 2.45) is 5.92 Å². The topological polar surface area (TPSA) is 71.1 Å². The molecule has 1 atom stereocenters. The largest absolute Gasteiger partial charge is 0.493 e. The molecule has 3 rings (SSSR count). The molecule has 2 fully saturated rings. The molecule has 0 saturated carbocycles. The number of carbonyl (C=O) groups is 2. The predicted octanol–water partition coefficient (Wildman–Crippen LogP) is 2.64. The molecule has 1 aromatic carbocycles. The Bertz CT molecular complexity index is 730. The fourth-order valence-corrected chi connectivity index (χ4v) is 4.43. The molecule has 2 saturated heterocycles. The number of piperidine rings is 1. The van der Waals surface area contributed by atoms with E-state index < -0.39 is 5.54 Å². The monoisotopic (exact) mass is 389 g/mol. The average molecular weight is 389 g/mol. The van der Waals surface area contributed by atoms with E-state index in [9.17, 15) is 9.59 Å². The van der Waals surface area contributed by atoms with Crippen molar-refractivity contribution in [1.29, 1.82) is 0 Å². The van der Waals surface area contributed by atoms with Crippen LogP contribution in [0.5, 0.6) is 11.5 Å². The first kappa shape index (κ1) is 20.5. The van der Waals surface area contributed by atoms with Crippen molar-refractivity contribution in [2.75, 3.05) is 33.9 Å². The van der Waals surface area contributed by atoms with Gasteiger partial charge < -0.3 is 19.7 Å². The Hall–Kier alpha value is -2.28. The molecular formula is C21H31N3O4. The van der Waals surface area contributed by atoms with E-state index in [-0.39, 0.29) is 24.4 Å². The minimum absolute atomic E-state index is 0.147. The summed E-state index contributed by atoms with van der Waals surface area (Å²) in [6, 6.07) is 5.13. The third-order valence-electron chi connectivity index (χ3n) is 6.06. The van der Waals surface area contributed by atoms with Crippen LogP contribution in [0, 0.1) is 5.92 Å². The quantitative estimate of drug-likeness (QED) is 0.726. The van der Waals surface area contributed by atoms with E-state index >= 15 is 0 Å². The van der Waals surface area contributed by atoms with Crippen LogP contribution >= 0.6 is 0 Å². The van der Waals surface area contributed by atoms with Gasteiger partial charge in [0.15, 0.2) is 11.5 Å². The van der Waals surface area contributed by atoms with Gasteiger partial charge in [0.2, 0.25) is 0 Å². The Balaban J connectivity index is 1.75. The summed E-state index contributed by atoms with van der Waals surface area (Å²) in [5.41, 5.74) is -0.103. The summed E-state index contributed by atoms with van der Waals surface area (Å²) in [4.78, 5) is 29.7. The molecule has 0 aliphatic carbocycles. The number of hydrogen-bond donors (Lipinski definition) is 1. The third-order valence-corrected chi connectivity index (χ3v) is 6.06. The van der Waals surface area contributed by atoms with Crippen molar-refractivity contribution in [2.45, 2.75) is 45.2 Å². The summed E-state index contributed by atoms with van der Waals surface area (Å²) in [5, 5.41) is 2.98. The molecule has 1 N–H and O–H groups in total. The van der Waals surface area contributed by atoms with Gasteiger partial charge in [0.05, 0.1) is 20.8 Å². The van der Waals surface area contributed by atoms with Gasteiger partial charge in [0.25, 0.3) is 5.91 Å². The van der Waals surface area contributed by atoms with Crippen LogP contribution in [-0.2, 0) is 11.3 Å². The number of imide groups is 1. The van der Waals surface area contributed by atoms with Crippen molar-refractivity contribution in [1.82, 2.24) is 15.1 Å². The van der Waals surface area contributed by atoms with Gasteiger partial charge in [-0.15, -0.1) is 0 Å². The van der Waals surface area contributed by atoms with Gasteiger partial charge >= 0.3 is 6.03 Å². The van der Waals surface area contributed by atoms with Crippen LogP contribution in [0.15, 0.2) is 18.2 Å². The molecule has 0 aromatic heterocycles. The Kier molecular flexibility index (Phi) is 6.13. The smallest absolute Gasteiger partial charge is 0.325 e. The normalized spacial score (nSPS) is 23.8. The van der Waals surface area contributed by atoms with Crippen LogP contribution in [0.3, 0.4) is 0 Å². The second kappa shape index (κ2) is 8.39. The first-order chi connectivity index (χ1) is 13.4. The number of likely N-dealkylation sites (tertiary alicyclic amines) is 1. The number of amides is 3. The van der Waals surface area contributed by atoms with E-state index in [1.54, 1.807) is 20.3 Å². The van der Waals surface area contributed by atoms with E-state index in [4.69, 9.17) is 9.47 Å². The fourth-order valence-electron chi connectivity index (χ4n) is 4.43. The molecule has 28 heavy (non-hydrogen) atoms. The van der Waals surface area contributed by atoms with Crippen LogP contribution in [0.1, 0.15) is 38.7 Å². The van der Waals surface area contributed by atoms with Crippen molar-refractivity contribution in [3.8, 4) is 11.5 Å². The summed E-state index contributed by atoms with van der Waals surface area (Å²) in [5.74, 6) is 1.12. The summed E-state index contributed by atoms with van der Waals surface area (Å²) >= 11 is 0. The predicted molar refractivity (Wildman–Crippen MR) is 106 cm³/mol. The minimum Gasteiger partial charge on any atom is -0.493 e. The summed E-state index contributed by atoms with van der Waals surface area (Å²) in [7, 11) is 3.12. The second-order valence-corrected chi connectivity index (χ2v) is 7.79. The molecule has 0 radical (unpaired) electrons. The van der Waals surface area contributed by atoms with Crippen molar-refractivity contribution in [3.05, 3.63) is 23.8 Å². The maximum Gasteiger partial charge on any atom is 0.325 e. The van der Waals surface area contributed by atoms with Crippen molar-refractivity contribution >= 4 is 11.9 Å². The molecule has 0 bridgehead atoms. The van der Waals surface area contributed by atoms with Gasteiger partial charge in [-0.1, -0.05) is 19.1 Å². The lowest BCUT2D eigenvalue weighted by molar-refractivity contribution is -0.133. The van der Waals surface area contributed by atoms with E-state index in [2.05, 4.69) is 17.1 Å². The van der Waals surface area contributed by atoms with Crippen LogP contribution in [-0.4, -0.2) is 61.1 Å². The highest BCUT2D eigenvalue weighted by molar-refractivity contribution is 6.07. The van der Waals surface area contributed by atoms with Crippen LogP contribution < -0.4 is 14.8 Å². The van der Waals surface area contributed by atoms with E-state index in [0.717, 1.165) is 44.5 Å². The van der Waals surface area contributed by atoms with Crippen LogP contribution in [0.2, 0.25) is 0 Å². The van der Waals surface area contributed by atoms with E-state index in [1.807, 2.05) is 19.1 Å². The minimum atomic E-state index is -0.846. The SMILES string of the molecule is CCCN1CCC([C@@]2(C)NC(=O)N(Cc3cccc(OC)c3OC)C2=O)CC1. The Morgan fingerprint density at radius 1 is 1.18 bits per heavy atom. The second-order valence-electron chi connectivity index (χ2n) is 7.79. The number of ether oxygens (including phenoxy) is 2. The Labute approximate surface area is 167 Å². The number of urea groups is 1. The standard InChI is InChI=1S/C21H31N3O4/c1-5-11-23-12-9-16(10-13-23)21(2)19(25)24(20(26)22-21)14-15-7-6-8-17(27-3)18(15)28-4/h6-8,16H,5,9-14H2,1-4H3,(H,22,26)/t21-/m1/s1. The van der Waals surface area contributed by atoms with E-state index in [0.29, 0.717) is 11.5 Å². The molecule has 2 aliphatic heterocycles. The molecular weight excluding hydrogens is 358 g/mol. The molecule has 3 amide bonds. The number of para-hydroxylation sites is 1. The zero-order valence-electron chi connectivity index (χ0n) is 17.3. The first-order valence-corrected chi connectivity index (χ1v) is 10.0. The van der Waals surface area contributed by atoms with Crippen LogP contribution in [0.4, 0.5) is 4.79 Å². The lowest BCUT2D eigenvalue weighted by Crippen LogP contribution is -2.54. The molecule has 0 spiro atoms. The van der Waals surface area contributed by atoms with Crippen LogP contribution in [0.25, 0.3) is 0 Å². The molecule has 7 nitrogen and oxygen atoms in total. The van der Waals surface area contributed by atoms with Gasteiger partial charge in [-0.25, -0.2) is 4.79 Å². The van der Waals surface area contributed by atoms with Gasteiger partial charge in [0, 0.05) is 5.56 Å². The number of nitrogens with one attached hydrogen (secondary N) is 1. The lowest BCUT2D eigenvalue weighted by Gasteiger charge is -2.38. The fraction of sp³-hybridized carbons (Fsp3) is 0.619. The first-order valence-electron chi connectivity index (χ1n) is 10.0. The summed E-state index contributed by atoms with van der Waals surface area (Å²) in [6.07, 6.45) is 2.96. The number of rotatable bonds is 7. The molecule has 2 heterocycles. The summed E-state index contributed by atoms with van der Waals surface area (Å²) in [6.45, 7) is 7.25. The zero-order valence-corrected chi connectivity index (χ0v) is 17.3. The van der Waals surface area contributed by atoms with Gasteiger partial charge in [0.1, 0.15) is 5.54 Å². The highest BCUT2D eigenvalue weighted by Crippen LogP contribution is 2.36. The number of methoxy groups -OCH3 is 2. The van der Waals surface area contributed by atoms with Crippen molar-refractivity contribution < 1.29 is 19.1 Å². The lowest BCUT2D eigenvalue weighted by atomic mass is 9.79. The number of benzene rings is 1. The van der Waals surface area contributed by atoms with Crippen molar-refractivity contribution in [3.63, 3.8) is 0 Å². The van der Waals surface area contributed by atoms with E-state index in [1.165, 1.54) is 4.90 Å². The van der Waals surface area contributed by atoms with Gasteiger partial charge in [-0.3, -0.25) is 9.69 Å². The third kappa shape index (κ3) is 3.68. The number of nitrogens with zero attached hydrogens (tertiary/aromatic N) is 2. The summed E-state index contributed by atoms with van der Waals surface area (Å²) < 4.78 is 10.8. The number of carbonyl (C=O) groups excluding carboxylic acids is 2. The zero-order chi connectivity index (χ0) is 20.3.